The Morgan fingerprint density at radius 2 is 1.94 bits per heavy atom. The van der Waals surface area contributed by atoms with Gasteiger partial charge in [-0.2, -0.15) is 0 Å². The zero-order valence-corrected chi connectivity index (χ0v) is 10.4. The van der Waals surface area contributed by atoms with Crippen molar-refractivity contribution in [2.24, 2.45) is 0 Å². The van der Waals surface area contributed by atoms with Crippen LogP contribution in [0.15, 0.2) is 30.3 Å². The highest BCUT2D eigenvalue weighted by molar-refractivity contribution is 5.89. The molecule has 0 bridgehead atoms. The van der Waals surface area contributed by atoms with Gasteiger partial charge in [-0.1, -0.05) is 18.2 Å². The minimum Gasteiger partial charge on any atom is -0.334 e. The molecule has 0 spiro atoms. The van der Waals surface area contributed by atoms with Crippen LogP contribution in [0.25, 0.3) is 0 Å². The molecule has 1 aromatic rings. The number of nitrogens with zero attached hydrogens (tertiary/aromatic N) is 1. The van der Waals surface area contributed by atoms with Crippen molar-refractivity contribution in [1.29, 1.82) is 0 Å². The lowest BCUT2D eigenvalue weighted by molar-refractivity contribution is 0.247. The Balaban J connectivity index is 1.46. The predicted molar refractivity (Wildman–Crippen MR) is 71.6 cm³/mol. The number of carbonyl (C=O) groups excluding carboxylic acids is 1. The molecule has 2 N–H and O–H groups in total. The van der Waals surface area contributed by atoms with Crippen LogP contribution < -0.4 is 10.6 Å². The summed E-state index contributed by atoms with van der Waals surface area (Å²) in [4.78, 5) is 14.3. The molecule has 1 aromatic carbocycles. The third kappa shape index (κ3) is 2.82. The van der Waals surface area contributed by atoms with Crippen molar-refractivity contribution >= 4 is 11.7 Å². The average molecular weight is 245 g/mol. The Morgan fingerprint density at radius 1 is 1.17 bits per heavy atom. The number of urea groups is 1. The van der Waals surface area contributed by atoms with E-state index < -0.39 is 0 Å². The smallest absolute Gasteiger partial charge is 0.319 e. The van der Waals surface area contributed by atoms with Crippen molar-refractivity contribution in [1.82, 2.24) is 10.2 Å². The average Bonchev–Trinajstić information content (AvgIpc) is 3.12. The summed E-state index contributed by atoms with van der Waals surface area (Å²) in [5.74, 6) is 0. The summed E-state index contributed by atoms with van der Waals surface area (Å²) < 4.78 is 0. The van der Waals surface area contributed by atoms with Crippen molar-refractivity contribution in [3.8, 4) is 0 Å². The van der Waals surface area contributed by atoms with Gasteiger partial charge < -0.3 is 10.6 Å². The van der Waals surface area contributed by atoms with Gasteiger partial charge in [0.05, 0.1) is 0 Å². The summed E-state index contributed by atoms with van der Waals surface area (Å²) in [6, 6.07) is 10.6. The van der Waals surface area contributed by atoms with Crippen LogP contribution in [0.1, 0.15) is 19.3 Å². The lowest BCUT2D eigenvalue weighted by atomic mass is 10.3. The lowest BCUT2D eigenvalue weighted by Crippen LogP contribution is -2.39. The van der Waals surface area contributed by atoms with E-state index in [1.807, 2.05) is 30.3 Å². The van der Waals surface area contributed by atoms with Crippen molar-refractivity contribution in [3.63, 3.8) is 0 Å². The molecular weight excluding hydrogens is 226 g/mol. The van der Waals surface area contributed by atoms with Crippen LogP contribution in [0.5, 0.6) is 0 Å². The number of nitrogens with one attached hydrogen (secondary N) is 2. The van der Waals surface area contributed by atoms with Gasteiger partial charge in [0.1, 0.15) is 0 Å². The van der Waals surface area contributed by atoms with Crippen molar-refractivity contribution < 1.29 is 4.79 Å². The van der Waals surface area contributed by atoms with Gasteiger partial charge in [-0.3, -0.25) is 4.90 Å². The fraction of sp³-hybridized carbons (Fsp3) is 0.500. The van der Waals surface area contributed by atoms with Crippen LogP contribution in [-0.4, -0.2) is 36.1 Å². The number of para-hydroxylation sites is 1. The number of benzene rings is 1. The van der Waals surface area contributed by atoms with Crippen LogP contribution in [0.3, 0.4) is 0 Å². The number of carbonyl (C=O) groups is 1. The first-order chi connectivity index (χ1) is 8.81. The van der Waals surface area contributed by atoms with Gasteiger partial charge in [-0.15, -0.1) is 0 Å². The second-order valence-corrected chi connectivity index (χ2v) is 5.18. The summed E-state index contributed by atoms with van der Waals surface area (Å²) in [7, 11) is 0. The highest BCUT2D eigenvalue weighted by atomic mass is 16.2. The molecule has 1 saturated heterocycles. The highest BCUT2D eigenvalue weighted by Gasteiger charge is 2.34. The molecular formula is C14H19N3O. The molecule has 2 amide bonds. The van der Waals surface area contributed by atoms with Gasteiger partial charge in [0, 0.05) is 30.9 Å². The second kappa shape index (κ2) is 4.98. The lowest BCUT2D eigenvalue weighted by Gasteiger charge is -2.16. The standard InChI is InChI=1S/C14H19N3O/c18-14(15-11-4-2-1-3-5-11)16-12-8-9-17(10-12)13-6-7-13/h1-5,12-13H,6-10H2,(H2,15,16,18). The monoisotopic (exact) mass is 245 g/mol. The van der Waals surface area contributed by atoms with Gasteiger partial charge in [0.2, 0.25) is 0 Å². The van der Waals surface area contributed by atoms with Crippen molar-refractivity contribution in [2.45, 2.75) is 31.3 Å². The number of hydrogen-bond acceptors (Lipinski definition) is 2. The Bertz CT molecular complexity index is 416. The van der Waals surface area contributed by atoms with E-state index in [4.69, 9.17) is 0 Å². The molecule has 96 valence electrons. The van der Waals surface area contributed by atoms with E-state index in [-0.39, 0.29) is 6.03 Å². The van der Waals surface area contributed by atoms with Gasteiger partial charge in [0.15, 0.2) is 0 Å². The third-order valence-electron chi connectivity index (χ3n) is 3.65. The van der Waals surface area contributed by atoms with Crippen LogP contribution in [-0.2, 0) is 0 Å². The van der Waals surface area contributed by atoms with Gasteiger partial charge >= 0.3 is 6.03 Å². The number of anilines is 1. The first-order valence-electron chi connectivity index (χ1n) is 6.68. The molecule has 18 heavy (non-hydrogen) atoms. The summed E-state index contributed by atoms with van der Waals surface area (Å²) in [5, 5.41) is 5.91. The molecule has 4 heteroatoms. The molecule has 4 nitrogen and oxygen atoms in total. The molecule has 2 aliphatic rings. The molecule has 3 rings (SSSR count). The summed E-state index contributed by atoms with van der Waals surface area (Å²) in [5.41, 5.74) is 0.840. The van der Waals surface area contributed by atoms with Crippen LogP contribution in [0.4, 0.5) is 10.5 Å². The van der Waals surface area contributed by atoms with Crippen molar-refractivity contribution in [2.75, 3.05) is 18.4 Å². The summed E-state index contributed by atoms with van der Waals surface area (Å²) in [6.45, 7) is 2.13. The second-order valence-electron chi connectivity index (χ2n) is 5.18. The van der Waals surface area contributed by atoms with Crippen LogP contribution >= 0.6 is 0 Å². The molecule has 1 saturated carbocycles. The molecule has 0 radical (unpaired) electrons. The van der Waals surface area contributed by atoms with E-state index in [1.54, 1.807) is 0 Å². The Kier molecular flexibility index (Phi) is 3.19. The van der Waals surface area contributed by atoms with Gasteiger partial charge in [-0.25, -0.2) is 4.79 Å². The van der Waals surface area contributed by atoms with Crippen LogP contribution in [0.2, 0.25) is 0 Å². The number of rotatable bonds is 3. The summed E-state index contributed by atoms with van der Waals surface area (Å²) in [6.07, 6.45) is 3.74. The first-order valence-corrected chi connectivity index (χ1v) is 6.68. The van der Waals surface area contributed by atoms with E-state index in [0.29, 0.717) is 6.04 Å². The molecule has 1 aliphatic carbocycles. The van der Waals surface area contributed by atoms with Crippen LogP contribution in [0, 0.1) is 0 Å². The summed E-state index contributed by atoms with van der Waals surface area (Å²) >= 11 is 0. The molecule has 1 aliphatic heterocycles. The minimum atomic E-state index is -0.0937. The number of hydrogen-bond donors (Lipinski definition) is 2. The Labute approximate surface area is 107 Å². The third-order valence-corrected chi connectivity index (χ3v) is 3.65. The highest BCUT2D eigenvalue weighted by Crippen LogP contribution is 2.29. The normalized spacial score (nSPS) is 23.9. The maximum absolute atomic E-state index is 11.8. The number of likely N-dealkylation sites (tertiary alicyclic amines) is 1. The topological polar surface area (TPSA) is 44.4 Å². The van der Waals surface area contributed by atoms with Gasteiger partial charge in [0.25, 0.3) is 0 Å². The fourth-order valence-electron chi connectivity index (χ4n) is 2.55. The first kappa shape index (κ1) is 11.5. The Morgan fingerprint density at radius 3 is 2.67 bits per heavy atom. The minimum absolute atomic E-state index is 0.0937. The van der Waals surface area contributed by atoms with Crippen molar-refractivity contribution in [3.05, 3.63) is 30.3 Å². The van der Waals surface area contributed by atoms with E-state index >= 15 is 0 Å². The molecule has 1 heterocycles. The zero-order valence-electron chi connectivity index (χ0n) is 10.4. The van der Waals surface area contributed by atoms with Gasteiger partial charge in [-0.05, 0) is 31.4 Å². The SMILES string of the molecule is O=C(Nc1ccccc1)NC1CCN(C2CC2)C1. The molecule has 2 fully saturated rings. The van der Waals surface area contributed by atoms with E-state index in [9.17, 15) is 4.79 Å². The molecule has 0 aromatic heterocycles. The largest absolute Gasteiger partial charge is 0.334 e. The zero-order chi connectivity index (χ0) is 12.4. The predicted octanol–water partition coefficient (Wildman–Crippen LogP) is 2.04. The molecule has 1 unspecified atom stereocenters. The van der Waals surface area contributed by atoms with E-state index in [1.165, 1.54) is 12.8 Å². The maximum atomic E-state index is 11.8. The van der Waals surface area contributed by atoms with E-state index in [0.717, 1.165) is 31.2 Å². The fourth-order valence-corrected chi connectivity index (χ4v) is 2.55. The Hall–Kier alpha value is -1.55. The quantitative estimate of drug-likeness (QED) is 0.856. The number of amides is 2. The molecule has 1 atom stereocenters. The van der Waals surface area contributed by atoms with E-state index in [2.05, 4.69) is 15.5 Å². The maximum Gasteiger partial charge on any atom is 0.319 e.